The Labute approximate surface area is 185 Å². The minimum absolute atomic E-state index is 0.255. The molecular formula is C22H21F6NO2S. The predicted molar refractivity (Wildman–Crippen MR) is 108 cm³/mol. The second-order valence-corrected chi connectivity index (χ2v) is 9.74. The summed E-state index contributed by atoms with van der Waals surface area (Å²) < 4.78 is 86.4. The Hall–Kier alpha value is -1.91. The third kappa shape index (κ3) is 3.21. The fourth-order valence-electron chi connectivity index (χ4n) is 4.78. The van der Waals surface area contributed by atoms with Crippen molar-refractivity contribution in [1.82, 2.24) is 0 Å². The van der Waals surface area contributed by atoms with Gasteiger partial charge >= 0.3 is 12.4 Å². The number of fused-ring (bicyclic) bond motifs is 4. The summed E-state index contributed by atoms with van der Waals surface area (Å²) in [6.07, 6.45) is -11.9. The van der Waals surface area contributed by atoms with Crippen molar-refractivity contribution in [2.75, 3.05) is 12.4 Å². The van der Waals surface area contributed by atoms with Gasteiger partial charge in [-0.05, 0) is 29.3 Å². The normalized spacial score (nSPS) is 24.8. The van der Waals surface area contributed by atoms with Gasteiger partial charge in [0.25, 0.3) is 5.60 Å². The Balaban J connectivity index is 1.89. The maximum Gasteiger partial charge on any atom is 0.430 e. The Bertz CT molecular complexity index is 1020. The van der Waals surface area contributed by atoms with E-state index in [9.17, 15) is 31.4 Å². The van der Waals surface area contributed by atoms with Gasteiger partial charge < -0.3 is 15.2 Å². The molecule has 2 N–H and O–H groups in total. The first kappa shape index (κ1) is 23.3. The van der Waals surface area contributed by atoms with E-state index in [0.717, 1.165) is 16.5 Å². The van der Waals surface area contributed by atoms with Crippen LogP contribution in [0.5, 0.6) is 0 Å². The van der Waals surface area contributed by atoms with E-state index in [4.69, 9.17) is 4.74 Å². The number of benzene rings is 2. The van der Waals surface area contributed by atoms with Crippen molar-refractivity contribution in [1.29, 1.82) is 0 Å². The highest BCUT2D eigenvalue weighted by atomic mass is 32.2. The molecule has 3 nitrogen and oxygen atoms in total. The fraction of sp³-hybridized carbons (Fsp3) is 0.455. The van der Waals surface area contributed by atoms with Crippen molar-refractivity contribution < 1.29 is 36.2 Å². The summed E-state index contributed by atoms with van der Waals surface area (Å²) in [7, 11) is 1.52. The molecule has 2 aromatic rings. The molecule has 2 aliphatic heterocycles. The molecule has 3 atom stereocenters. The molecule has 174 valence electrons. The van der Waals surface area contributed by atoms with Crippen LogP contribution >= 0.6 is 11.8 Å². The first-order valence-electron chi connectivity index (χ1n) is 9.79. The number of anilines is 1. The molecule has 32 heavy (non-hydrogen) atoms. The van der Waals surface area contributed by atoms with Gasteiger partial charge in [-0.25, -0.2) is 0 Å². The summed E-state index contributed by atoms with van der Waals surface area (Å²) in [6, 6.07) is 10.1. The quantitative estimate of drug-likeness (QED) is 0.510. The summed E-state index contributed by atoms with van der Waals surface area (Å²) in [5, 5.41) is 13.2. The van der Waals surface area contributed by atoms with E-state index in [1.165, 1.54) is 24.9 Å². The summed E-state index contributed by atoms with van der Waals surface area (Å²) in [4.78, 5) is 0.993. The van der Waals surface area contributed by atoms with Gasteiger partial charge in [-0.15, -0.1) is 0 Å². The van der Waals surface area contributed by atoms with Crippen molar-refractivity contribution in [3.05, 3.63) is 59.2 Å². The standard InChI is InChI=1S/C22H21F6NO2S/c1-19(2)13-10-11(20(30,21(23,24)25)22(26,27)28)8-9-14(13)29-17-12-6-4-5-7-15(12)32-18(31-3)16(17)19/h4-10,16-18,29-30H,1-3H3. The largest absolute Gasteiger partial charge is 0.430 e. The highest BCUT2D eigenvalue weighted by Crippen LogP contribution is 2.58. The highest BCUT2D eigenvalue weighted by Gasteiger charge is 2.71. The number of methoxy groups -OCH3 is 1. The van der Waals surface area contributed by atoms with Crippen LogP contribution < -0.4 is 5.32 Å². The summed E-state index contributed by atoms with van der Waals surface area (Å²) >= 11 is 1.47. The molecule has 2 aliphatic rings. The van der Waals surface area contributed by atoms with E-state index in [1.807, 2.05) is 24.3 Å². The second-order valence-electron chi connectivity index (χ2n) is 8.60. The summed E-state index contributed by atoms with van der Waals surface area (Å²) in [5.74, 6) is -0.306. The smallest absolute Gasteiger partial charge is 0.378 e. The van der Waals surface area contributed by atoms with Gasteiger partial charge in [0, 0.05) is 34.6 Å². The third-order valence-electron chi connectivity index (χ3n) is 6.48. The maximum atomic E-state index is 13.5. The molecule has 0 saturated heterocycles. The van der Waals surface area contributed by atoms with Crippen LogP contribution in [-0.4, -0.2) is 30.0 Å². The second kappa shape index (κ2) is 7.30. The minimum Gasteiger partial charge on any atom is -0.378 e. The highest BCUT2D eigenvalue weighted by molar-refractivity contribution is 7.99. The third-order valence-corrected chi connectivity index (χ3v) is 7.82. The van der Waals surface area contributed by atoms with Crippen LogP contribution in [0.3, 0.4) is 0 Å². The minimum atomic E-state index is -5.94. The Morgan fingerprint density at radius 3 is 2.22 bits per heavy atom. The van der Waals surface area contributed by atoms with E-state index in [1.54, 1.807) is 13.8 Å². The zero-order valence-electron chi connectivity index (χ0n) is 17.3. The maximum absolute atomic E-state index is 13.5. The van der Waals surface area contributed by atoms with Gasteiger partial charge in [0.15, 0.2) is 0 Å². The lowest BCUT2D eigenvalue weighted by Crippen LogP contribution is -2.54. The molecule has 0 saturated carbocycles. The number of aliphatic hydroxyl groups is 1. The predicted octanol–water partition coefficient (Wildman–Crippen LogP) is 6.14. The zero-order chi connectivity index (χ0) is 23.7. The van der Waals surface area contributed by atoms with Crippen LogP contribution in [-0.2, 0) is 15.8 Å². The van der Waals surface area contributed by atoms with E-state index in [-0.39, 0.29) is 17.5 Å². The number of nitrogens with one attached hydrogen (secondary N) is 1. The van der Waals surface area contributed by atoms with Gasteiger partial charge in [-0.2, -0.15) is 26.3 Å². The monoisotopic (exact) mass is 477 g/mol. The number of thioether (sulfide) groups is 1. The molecule has 0 fully saturated rings. The average Bonchev–Trinajstić information content (AvgIpc) is 2.70. The summed E-state index contributed by atoms with van der Waals surface area (Å²) in [5.41, 5.74) is -5.84. The Morgan fingerprint density at radius 2 is 1.62 bits per heavy atom. The fourth-order valence-corrected chi connectivity index (χ4v) is 6.26. The molecular weight excluding hydrogens is 456 g/mol. The van der Waals surface area contributed by atoms with Gasteiger partial charge in [0.1, 0.15) is 5.44 Å². The van der Waals surface area contributed by atoms with Crippen molar-refractivity contribution in [2.24, 2.45) is 5.92 Å². The van der Waals surface area contributed by atoms with Gasteiger partial charge in [-0.1, -0.05) is 49.9 Å². The lowest BCUT2D eigenvalue weighted by Gasteiger charge is -2.51. The van der Waals surface area contributed by atoms with E-state index < -0.39 is 34.4 Å². The molecule has 0 radical (unpaired) electrons. The number of hydrogen-bond acceptors (Lipinski definition) is 4. The molecule has 0 spiro atoms. The first-order chi connectivity index (χ1) is 14.7. The van der Waals surface area contributed by atoms with Crippen molar-refractivity contribution in [3.8, 4) is 0 Å². The molecule has 0 aliphatic carbocycles. The molecule has 0 bridgehead atoms. The van der Waals surface area contributed by atoms with Crippen LogP contribution in [0, 0.1) is 5.92 Å². The van der Waals surface area contributed by atoms with Gasteiger partial charge in [0.2, 0.25) is 0 Å². The van der Waals surface area contributed by atoms with Crippen molar-refractivity contribution in [3.63, 3.8) is 0 Å². The van der Waals surface area contributed by atoms with Gasteiger partial charge in [0.05, 0.1) is 6.04 Å². The van der Waals surface area contributed by atoms with E-state index >= 15 is 0 Å². The van der Waals surface area contributed by atoms with Crippen LogP contribution in [0.4, 0.5) is 32.0 Å². The lowest BCUT2D eigenvalue weighted by molar-refractivity contribution is -0.376. The lowest BCUT2D eigenvalue weighted by atomic mass is 9.65. The molecule has 10 heteroatoms. The molecule has 0 amide bonds. The van der Waals surface area contributed by atoms with E-state index in [0.29, 0.717) is 11.8 Å². The van der Waals surface area contributed by atoms with Crippen LogP contribution in [0.1, 0.15) is 36.6 Å². The van der Waals surface area contributed by atoms with Crippen LogP contribution in [0.2, 0.25) is 0 Å². The molecule has 2 heterocycles. The molecule has 4 rings (SSSR count). The number of alkyl halides is 6. The topological polar surface area (TPSA) is 41.5 Å². The number of hydrogen-bond donors (Lipinski definition) is 2. The summed E-state index contributed by atoms with van der Waals surface area (Å²) in [6.45, 7) is 3.55. The van der Waals surface area contributed by atoms with Crippen LogP contribution in [0.15, 0.2) is 47.4 Å². The van der Waals surface area contributed by atoms with Crippen LogP contribution in [0.25, 0.3) is 0 Å². The Kier molecular flexibility index (Phi) is 5.30. The van der Waals surface area contributed by atoms with Crippen molar-refractivity contribution >= 4 is 17.4 Å². The zero-order valence-corrected chi connectivity index (χ0v) is 18.1. The molecule has 3 unspecified atom stereocenters. The Morgan fingerprint density at radius 1 is 1.00 bits per heavy atom. The van der Waals surface area contributed by atoms with Gasteiger partial charge in [-0.3, -0.25) is 0 Å². The first-order valence-corrected chi connectivity index (χ1v) is 10.7. The molecule has 0 aromatic heterocycles. The number of rotatable bonds is 2. The number of ether oxygens (including phenoxy) is 1. The van der Waals surface area contributed by atoms with Crippen molar-refractivity contribution in [2.45, 2.75) is 53.6 Å². The number of halogens is 6. The molecule has 2 aromatic carbocycles. The van der Waals surface area contributed by atoms with E-state index in [2.05, 4.69) is 5.32 Å². The average molecular weight is 477 g/mol. The SMILES string of the molecule is COC1Sc2ccccc2C2Nc3ccc(C(O)(C(F)(F)F)C(F)(F)F)cc3C(C)(C)C12.